The summed E-state index contributed by atoms with van der Waals surface area (Å²) in [5.74, 6) is 0.166. The van der Waals surface area contributed by atoms with Crippen LogP contribution in [0.3, 0.4) is 0 Å². The largest absolute Gasteiger partial charge is 0.306 e. The molecule has 0 radical (unpaired) electrons. The van der Waals surface area contributed by atoms with E-state index in [9.17, 15) is 13.2 Å². The van der Waals surface area contributed by atoms with Gasteiger partial charge in [0.1, 0.15) is 9.84 Å². The predicted molar refractivity (Wildman–Crippen MR) is 104 cm³/mol. The minimum atomic E-state index is -3.12. The van der Waals surface area contributed by atoms with Gasteiger partial charge in [-0.1, -0.05) is 60.7 Å². The lowest BCUT2D eigenvalue weighted by molar-refractivity contribution is -0.126. The number of benzene rings is 2. The van der Waals surface area contributed by atoms with Crippen molar-refractivity contribution in [3.63, 3.8) is 0 Å². The van der Waals surface area contributed by atoms with Crippen molar-refractivity contribution in [2.75, 3.05) is 18.6 Å². The molecule has 0 aliphatic carbocycles. The molecule has 5 heteroatoms. The van der Waals surface area contributed by atoms with Gasteiger partial charge in [0.05, 0.1) is 11.8 Å². The molecule has 1 saturated heterocycles. The van der Waals surface area contributed by atoms with Crippen molar-refractivity contribution in [1.29, 1.82) is 0 Å². The van der Waals surface area contributed by atoms with Gasteiger partial charge in [0.25, 0.3) is 0 Å². The van der Waals surface area contributed by atoms with E-state index in [0.29, 0.717) is 25.8 Å². The Bertz CT molecular complexity index is 849. The van der Waals surface area contributed by atoms with E-state index in [1.54, 1.807) is 0 Å². The standard InChI is InChI=1S/C21H25NO3S/c1-26(24,25)13-12-21(15-18-10-6-3-7-11-18)16-22-19(20(21)23)14-17-8-4-2-5-9-17/h2-11,19,22H,12-16H2,1H3. The van der Waals surface area contributed by atoms with E-state index < -0.39 is 15.3 Å². The van der Waals surface area contributed by atoms with E-state index >= 15 is 0 Å². The van der Waals surface area contributed by atoms with Crippen LogP contribution in [-0.2, 0) is 27.5 Å². The summed E-state index contributed by atoms with van der Waals surface area (Å²) in [5, 5.41) is 3.36. The van der Waals surface area contributed by atoms with Gasteiger partial charge in [0.15, 0.2) is 5.78 Å². The molecule has 2 aromatic carbocycles. The summed E-state index contributed by atoms with van der Waals surface area (Å²) in [6, 6.07) is 19.5. The first kappa shape index (κ1) is 18.8. The maximum absolute atomic E-state index is 13.3. The molecule has 2 atom stereocenters. The molecule has 1 N–H and O–H groups in total. The molecular weight excluding hydrogens is 346 g/mol. The van der Waals surface area contributed by atoms with E-state index in [4.69, 9.17) is 0 Å². The minimum Gasteiger partial charge on any atom is -0.306 e. The van der Waals surface area contributed by atoms with Crippen LogP contribution < -0.4 is 5.32 Å². The van der Waals surface area contributed by atoms with Crippen molar-refractivity contribution < 1.29 is 13.2 Å². The average molecular weight is 372 g/mol. The van der Waals surface area contributed by atoms with Crippen LogP contribution in [0.25, 0.3) is 0 Å². The highest BCUT2D eigenvalue weighted by Gasteiger charge is 2.47. The van der Waals surface area contributed by atoms with Crippen molar-refractivity contribution in [1.82, 2.24) is 5.32 Å². The minimum absolute atomic E-state index is 0.0330. The molecule has 0 saturated carbocycles. The summed E-state index contributed by atoms with van der Waals surface area (Å²) in [5.41, 5.74) is 1.51. The summed E-state index contributed by atoms with van der Waals surface area (Å²) in [6.45, 7) is 0.522. The van der Waals surface area contributed by atoms with Crippen LogP contribution in [0.5, 0.6) is 0 Å². The molecule has 1 fully saturated rings. The van der Waals surface area contributed by atoms with Crippen LogP contribution in [0.4, 0.5) is 0 Å². The number of carbonyl (C=O) groups excluding carboxylic acids is 1. The monoisotopic (exact) mass is 371 g/mol. The molecule has 0 amide bonds. The van der Waals surface area contributed by atoms with Crippen LogP contribution in [0, 0.1) is 5.41 Å². The van der Waals surface area contributed by atoms with Gasteiger partial charge in [-0.05, 0) is 30.4 Å². The Morgan fingerprint density at radius 1 is 1.00 bits per heavy atom. The lowest BCUT2D eigenvalue weighted by atomic mass is 9.75. The molecule has 3 rings (SSSR count). The third-order valence-corrected chi connectivity index (χ3v) is 6.09. The second kappa shape index (κ2) is 7.72. The normalized spacial score (nSPS) is 23.3. The van der Waals surface area contributed by atoms with E-state index in [1.807, 2.05) is 60.7 Å². The van der Waals surface area contributed by atoms with Crippen molar-refractivity contribution in [2.24, 2.45) is 5.41 Å². The lowest BCUT2D eigenvalue weighted by Crippen LogP contribution is -2.37. The highest BCUT2D eigenvalue weighted by Crippen LogP contribution is 2.35. The lowest BCUT2D eigenvalue weighted by Gasteiger charge is -2.27. The van der Waals surface area contributed by atoms with E-state index in [-0.39, 0.29) is 17.6 Å². The van der Waals surface area contributed by atoms with E-state index in [2.05, 4.69) is 5.32 Å². The van der Waals surface area contributed by atoms with E-state index in [0.717, 1.165) is 11.1 Å². The zero-order valence-electron chi connectivity index (χ0n) is 15.0. The highest BCUT2D eigenvalue weighted by molar-refractivity contribution is 7.90. The van der Waals surface area contributed by atoms with Crippen LogP contribution in [-0.4, -0.2) is 38.8 Å². The molecule has 1 heterocycles. The Balaban J connectivity index is 1.82. The Labute approximate surface area is 155 Å². The predicted octanol–water partition coefficient (Wildman–Crippen LogP) is 2.43. The number of carbonyl (C=O) groups is 1. The first-order valence-electron chi connectivity index (χ1n) is 8.91. The number of rotatable bonds is 7. The molecule has 0 bridgehead atoms. The maximum atomic E-state index is 13.3. The third kappa shape index (κ3) is 4.59. The number of Topliss-reactive ketones (excluding diaryl/α,β-unsaturated/α-hetero) is 1. The molecule has 1 aliphatic rings. The van der Waals surface area contributed by atoms with Crippen molar-refractivity contribution >= 4 is 15.6 Å². The van der Waals surface area contributed by atoms with Gasteiger partial charge in [-0.3, -0.25) is 4.79 Å². The van der Waals surface area contributed by atoms with Crippen LogP contribution in [0.2, 0.25) is 0 Å². The topological polar surface area (TPSA) is 63.2 Å². The quantitative estimate of drug-likeness (QED) is 0.812. The fraction of sp³-hybridized carbons (Fsp3) is 0.381. The van der Waals surface area contributed by atoms with Gasteiger partial charge in [0.2, 0.25) is 0 Å². The molecule has 0 spiro atoms. The smallest absolute Gasteiger partial charge is 0.157 e. The van der Waals surface area contributed by atoms with Gasteiger partial charge in [0, 0.05) is 18.2 Å². The first-order valence-corrected chi connectivity index (χ1v) is 11.0. The molecule has 2 unspecified atom stereocenters. The third-order valence-electron chi connectivity index (χ3n) is 5.15. The molecule has 26 heavy (non-hydrogen) atoms. The first-order chi connectivity index (χ1) is 12.4. The van der Waals surface area contributed by atoms with Crippen LogP contribution >= 0.6 is 0 Å². The highest BCUT2D eigenvalue weighted by atomic mass is 32.2. The molecule has 2 aromatic rings. The molecule has 138 valence electrons. The molecule has 4 nitrogen and oxygen atoms in total. The van der Waals surface area contributed by atoms with Gasteiger partial charge in [-0.15, -0.1) is 0 Å². The molecule has 0 aromatic heterocycles. The number of sulfone groups is 1. The summed E-state index contributed by atoms with van der Waals surface area (Å²) < 4.78 is 23.5. The van der Waals surface area contributed by atoms with Crippen LogP contribution in [0.15, 0.2) is 60.7 Å². The molecular formula is C21H25NO3S. The number of hydrogen-bond acceptors (Lipinski definition) is 4. The van der Waals surface area contributed by atoms with E-state index in [1.165, 1.54) is 6.26 Å². The van der Waals surface area contributed by atoms with Crippen molar-refractivity contribution in [2.45, 2.75) is 25.3 Å². The van der Waals surface area contributed by atoms with Gasteiger partial charge in [-0.25, -0.2) is 8.42 Å². The zero-order chi connectivity index (χ0) is 18.6. The Morgan fingerprint density at radius 3 is 2.15 bits per heavy atom. The maximum Gasteiger partial charge on any atom is 0.157 e. The number of hydrogen-bond donors (Lipinski definition) is 1. The summed E-state index contributed by atoms with van der Waals surface area (Å²) in [7, 11) is -3.12. The van der Waals surface area contributed by atoms with Gasteiger partial charge in [-0.2, -0.15) is 0 Å². The second-order valence-electron chi connectivity index (χ2n) is 7.31. The summed E-state index contributed by atoms with van der Waals surface area (Å²) >= 11 is 0. The SMILES string of the molecule is CS(=O)(=O)CCC1(Cc2ccccc2)CNC(Cc2ccccc2)C1=O. The fourth-order valence-electron chi connectivity index (χ4n) is 3.70. The number of nitrogens with one attached hydrogen (secondary N) is 1. The number of ketones is 1. The average Bonchev–Trinajstić information content (AvgIpc) is 2.91. The zero-order valence-corrected chi connectivity index (χ0v) is 15.8. The van der Waals surface area contributed by atoms with Gasteiger partial charge >= 0.3 is 0 Å². The van der Waals surface area contributed by atoms with Crippen molar-refractivity contribution in [3.05, 3.63) is 71.8 Å². The Hall–Kier alpha value is -1.98. The summed E-state index contributed by atoms with van der Waals surface area (Å²) in [6.07, 6.45) is 2.80. The molecule has 1 aliphatic heterocycles. The Morgan fingerprint density at radius 2 is 1.58 bits per heavy atom. The van der Waals surface area contributed by atoms with Gasteiger partial charge < -0.3 is 5.32 Å². The second-order valence-corrected chi connectivity index (χ2v) is 9.57. The van der Waals surface area contributed by atoms with Crippen LogP contribution in [0.1, 0.15) is 17.5 Å². The summed E-state index contributed by atoms with van der Waals surface area (Å²) in [4.78, 5) is 13.3. The Kier molecular flexibility index (Phi) is 5.58. The van der Waals surface area contributed by atoms with Crippen molar-refractivity contribution in [3.8, 4) is 0 Å². The fourth-order valence-corrected chi connectivity index (χ4v) is 4.46.